The summed E-state index contributed by atoms with van der Waals surface area (Å²) in [5.41, 5.74) is 0. The Morgan fingerprint density at radius 2 is 2.07 bits per heavy atom. The van der Waals surface area contributed by atoms with Gasteiger partial charge in [-0.3, -0.25) is 0 Å². The smallest absolute Gasteiger partial charge is 0.141 e. The Morgan fingerprint density at radius 3 is 2.60 bits per heavy atom. The standard InChI is InChI=1S/C10H20N2OS2/c1-3-5-7-12(9-11-13)10(14)15-8-6-4-2/h9,13H,3-8H2,1-2H3. The van der Waals surface area contributed by atoms with Crippen molar-refractivity contribution in [1.82, 2.24) is 4.90 Å². The fraction of sp³-hybridized carbons (Fsp3) is 0.800. The van der Waals surface area contributed by atoms with Crippen LogP contribution in [0.1, 0.15) is 39.5 Å². The normalized spacial score (nSPS) is 10.8. The molecule has 0 bridgehead atoms. The first-order chi connectivity index (χ1) is 7.26. The molecule has 0 aliphatic rings. The van der Waals surface area contributed by atoms with Crippen LogP contribution in [0.15, 0.2) is 5.16 Å². The Labute approximate surface area is 102 Å². The minimum Gasteiger partial charge on any atom is -0.410 e. The van der Waals surface area contributed by atoms with Crippen molar-refractivity contribution < 1.29 is 5.21 Å². The second-order valence-electron chi connectivity index (χ2n) is 3.25. The van der Waals surface area contributed by atoms with Crippen LogP contribution in [0.4, 0.5) is 0 Å². The first kappa shape index (κ1) is 14.7. The van der Waals surface area contributed by atoms with E-state index >= 15 is 0 Å². The largest absolute Gasteiger partial charge is 0.410 e. The van der Waals surface area contributed by atoms with Gasteiger partial charge in [0.05, 0.1) is 0 Å². The van der Waals surface area contributed by atoms with Crippen LogP contribution in [0.5, 0.6) is 0 Å². The molecule has 88 valence electrons. The highest BCUT2D eigenvalue weighted by atomic mass is 32.2. The molecule has 0 heterocycles. The summed E-state index contributed by atoms with van der Waals surface area (Å²) >= 11 is 6.91. The number of nitrogens with zero attached hydrogens (tertiary/aromatic N) is 2. The third-order valence-corrected chi connectivity index (χ3v) is 3.46. The van der Waals surface area contributed by atoms with E-state index in [-0.39, 0.29) is 0 Å². The van der Waals surface area contributed by atoms with E-state index in [0.717, 1.165) is 29.5 Å². The minimum atomic E-state index is 0.801. The second-order valence-corrected chi connectivity index (χ2v) is 4.97. The summed E-state index contributed by atoms with van der Waals surface area (Å²) in [6, 6.07) is 0. The van der Waals surface area contributed by atoms with E-state index in [2.05, 4.69) is 19.0 Å². The predicted molar refractivity (Wildman–Crippen MR) is 71.9 cm³/mol. The van der Waals surface area contributed by atoms with Gasteiger partial charge in [0.15, 0.2) is 0 Å². The van der Waals surface area contributed by atoms with Crippen LogP contribution in [0.25, 0.3) is 0 Å². The SMILES string of the molecule is CCCCSC(=S)N(C=NO)CCCC. The van der Waals surface area contributed by atoms with Crippen LogP contribution < -0.4 is 0 Å². The molecule has 0 aromatic carbocycles. The zero-order chi connectivity index (χ0) is 11.5. The Kier molecular flexibility index (Phi) is 10.0. The molecule has 0 unspecified atom stereocenters. The van der Waals surface area contributed by atoms with Crippen LogP contribution in [-0.4, -0.2) is 33.1 Å². The average molecular weight is 248 g/mol. The second kappa shape index (κ2) is 10.2. The fourth-order valence-corrected chi connectivity index (χ4v) is 2.27. The summed E-state index contributed by atoms with van der Waals surface area (Å²) in [4.78, 5) is 1.83. The van der Waals surface area contributed by atoms with Gasteiger partial charge in [0.2, 0.25) is 0 Å². The van der Waals surface area contributed by atoms with Crippen LogP contribution in [0.3, 0.4) is 0 Å². The number of unbranched alkanes of at least 4 members (excludes halogenated alkanes) is 2. The maximum absolute atomic E-state index is 8.52. The molecule has 0 aromatic heterocycles. The van der Waals surface area contributed by atoms with Crippen molar-refractivity contribution in [2.45, 2.75) is 39.5 Å². The molecule has 0 radical (unpaired) electrons. The van der Waals surface area contributed by atoms with E-state index < -0.39 is 0 Å². The number of hydrogen-bond donors (Lipinski definition) is 1. The molecule has 3 nitrogen and oxygen atoms in total. The van der Waals surface area contributed by atoms with Gasteiger partial charge in [0.1, 0.15) is 10.7 Å². The van der Waals surface area contributed by atoms with Gasteiger partial charge in [-0.15, -0.1) is 0 Å². The van der Waals surface area contributed by atoms with Crippen molar-refractivity contribution in [2.24, 2.45) is 5.16 Å². The summed E-state index contributed by atoms with van der Waals surface area (Å²) in [6.45, 7) is 5.12. The lowest BCUT2D eigenvalue weighted by molar-refractivity contribution is 0.315. The topological polar surface area (TPSA) is 35.8 Å². The van der Waals surface area contributed by atoms with Crippen LogP contribution in [0, 0.1) is 0 Å². The predicted octanol–water partition coefficient (Wildman–Crippen LogP) is 3.32. The maximum atomic E-state index is 8.52. The highest BCUT2D eigenvalue weighted by Gasteiger charge is 2.06. The molecule has 0 atom stereocenters. The highest BCUT2D eigenvalue weighted by Crippen LogP contribution is 2.11. The number of thioether (sulfide) groups is 1. The molecule has 0 saturated heterocycles. The molecule has 0 saturated carbocycles. The van der Waals surface area contributed by atoms with Crippen molar-refractivity contribution in [3.63, 3.8) is 0 Å². The summed E-state index contributed by atoms with van der Waals surface area (Å²) in [5, 5.41) is 11.6. The molecule has 0 amide bonds. The lowest BCUT2D eigenvalue weighted by Gasteiger charge is -2.18. The third-order valence-electron chi connectivity index (χ3n) is 1.90. The molecular weight excluding hydrogens is 228 g/mol. The van der Waals surface area contributed by atoms with Crippen molar-refractivity contribution >= 4 is 34.6 Å². The zero-order valence-electron chi connectivity index (χ0n) is 9.48. The Morgan fingerprint density at radius 1 is 1.40 bits per heavy atom. The molecule has 1 N–H and O–H groups in total. The van der Waals surface area contributed by atoms with Crippen LogP contribution >= 0.6 is 24.0 Å². The number of thiocarbonyl (C=S) groups is 1. The third kappa shape index (κ3) is 7.62. The molecule has 0 aliphatic heterocycles. The molecule has 0 aliphatic carbocycles. The van der Waals surface area contributed by atoms with E-state index in [1.807, 2.05) is 4.90 Å². The molecule has 0 rings (SSSR count). The van der Waals surface area contributed by atoms with E-state index in [1.54, 1.807) is 11.8 Å². The van der Waals surface area contributed by atoms with E-state index in [1.165, 1.54) is 19.2 Å². The summed E-state index contributed by atoms with van der Waals surface area (Å²) in [6.07, 6.45) is 5.91. The van der Waals surface area contributed by atoms with Crippen LogP contribution in [0.2, 0.25) is 0 Å². The Hall–Kier alpha value is -0.290. The van der Waals surface area contributed by atoms with E-state index in [4.69, 9.17) is 17.4 Å². The number of rotatable bonds is 7. The minimum absolute atomic E-state index is 0.801. The van der Waals surface area contributed by atoms with Crippen molar-refractivity contribution in [3.8, 4) is 0 Å². The Bertz CT molecular complexity index is 198. The first-order valence-corrected chi connectivity index (χ1v) is 6.76. The van der Waals surface area contributed by atoms with Gasteiger partial charge in [-0.2, -0.15) is 0 Å². The summed E-state index contributed by atoms with van der Waals surface area (Å²) < 4.78 is 0.801. The Balaban J connectivity index is 3.93. The van der Waals surface area contributed by atoms with Gasteiger partial charge in [0.25, 0.3) is 0 Å². The molecule has 5 heteroatoms. The first-order valence-electron chi connectivity index (χ1n) is 5.37. The summed E-state index contributed by atoms with van der Waals surface area (Å²) in [5.74, 6) is 1.04. The lowest BCUT2D eigenvalue weighted by atomic mass is 10.3. The lowest BCUT2D eigenvalue weighted by Crippen LogP contribution is -2.27. The number of hydrogen-bond acceptors (Lipinski definition) is 4. The van der Waals surface area contributed by atoms with E-state index in [0.29, 0.717) is 0 Å². The van der Waals surface area contributed by atoms with Crippen LogP contribution in [-0.2, 0) is 0 Å². The van der Waals surface area contributed by atoms with Gasteiger partial charge >= 0.3 is 0 Å². The van der Waals surface area contributed by atoms with Gasteiger partial charge in [0, 0.05) is 12.3 Å². The van der Waals surface area contributed by atoms with Gasteiger partial charge < -0.3 is 10.1 Å². The molecular formula is C10H20N2OS2. The maximum Gasteiger partial charge on any atom is 0.141 e. The molecule has 0 aromatic rings. The molecule has 0 spiro atoms. The summed E-state index contributed by atoms with van der Waals surface area (Å²) in [7, 11) is 0. The quantitative estimate of drug-likeness (QED) is 0.187. The van der Waals surface area contributed by atoms with Gasteiger partial charge in [-0.05, 0) is 12.8 Å². The van der Waals surface area contributed by atoms with Crippen molar-refractivity contribution in [2.75, 3.05) is 12.3 Å². The zero-order valence-corrected chi connectivity index (χ0v) is 11.1. The van der Waals surface area contributed by atoms with Gasteiger partial charge in [-0.25, -0.2) is 0 Å². The fourth-order valence-electron chi connectivity index (χ4n) is 0.974. The van der Waals surface area contributed by atoms with Crippen molar-refractivity contribution in [1.29, 1.82) is 0 Å². The molecule has 15 heavy (non-hydrogen) atoms. The monoisotopic (exact) mass is 248 g/mol. The average Bonchev–Trinajstić information content (AvgIpc) is 2.24. The van der Waals surface area contributed by atoms with E-state index in [9.17, 15) is 0 Å². The van der Waals surface area contributed by atoms with Gasteiger partial charge in [-0.1, -0.05) is 55.8 Å². The highest BCUT2D eigenvalue weighted by molar-refractivity contribution is 8.22. The number of oxime groups is 1. The van der Waals surface area contributed by atoms with Crippen molar-refractivity contribution in [3.05, 3.63) is 0 Å². The molecule has 0 fully saturated rings.